The van der Waals surface area contributed by atoms with Gasteiger partial charge >= 0.3 is 6.18 Å². The zero-order valence-electron chi connectivity index (χ0n) is 10.3. The molecule has 0 aliphatic rings. The molecule has 0 aliphatic heterocycles. The maximum atomic E-state index is 12.5. The van der Waals surface area contributed by atoms with E-state index < -0.39 is 11.9 Å². The van der Waals surface area contributed by atoms with E-state index in [0.29, 0.717) is 23.0 Å². The fourth-order valence-corrected chi connectivity index (χ4v) is 1.81. The summed E-state index contributed by atoms with van der Waals surface area (Å²) < 4.78 is 37.6. The van der Waals surface area contributed by atoms with E-state index in [9.17, 15) is 18.0 Å². The molecule has 0 radical (unpaired) electrons. The van der Waals surface area contributed by atoms with Gasteiger partial charge in [0.2, 0.25) is 5.91 Å². The van der Waals surface area contributed by atoms with Gasteiger partial charge in [0.05, 0.1) is 0 Å². The SMILES string of the molecule is CCCC(=O)Nc1ccc2[nH]c(C(F)(F)F)cc2c1. The van der Waals surface area contributed by atoms with Gasteiger partial charge in [0, 0.05) is 23.0 Å². The van der Waals surface area contributed by atoms with Crippen molar-refractivity contribution >= 4 is 22.5 Å². The monoisotopic (exact) mass is 270 g/mol. The van der Waals surface area contributed by atoms with Crippen LogP contribution in [-0.2, 0) is 11.0 Å². The van der Waals surface area contributed by atoms with Gasteiger partial charge in [0.1, 0.15) is 5.69 Å². The van der Waals surface area contributed by atoms with Gasteiger partial charge < -0.3 is 10.3 Å². The summed E-state index contributed by atoms with van der Waals surface area (Å²) in [4.78, 5) is 13.7. The number of fused-ring (bicyclic) bond motifs is 1. The van der Waals surface area contributed by atoms with Crippen LogP contribution in [0.15, 0.2) is 24.3 Å². The van der Waals surface area contributed by atoms with Crippen LogP contribution in [0.25, 0.3) is 10.9 Å². The molecule has 1 amide bonds. The number of hydrogen-bond donors (Lipinski definition) is 2. The van der Waals surface area contributed by atoms with Gasteiger partial charge in [-0.2, -0.15) is 13.2 Å². The predicted molar refractivity (Wildman–Crippen MR) is 66.8 cm³/mol. The van der Waals surface area contributed by atoms with E-state index >= 15 is 0 Å². The molecular weight excluding hydrogens is 257 g/mol. The number of hydrogen-bond acceptors (Lipinski definition) is 1. The second kappa shape index (κ2) is 4.95. The maximum Gasteiger partial charge on any atom is 0.431 e. The molecule has 0 saturated heterocycles. The summed E-state index contributed by atoms with van der Waals surface area (Å²) in [6.45, 7) is 1.88. The van der Waals surface area contributed by atoms with Crippen LogP contribution in [0.3, 0.4) is 0 Å². The topological polar surface area (TPSA) is 44.9 Å². The van der Waals surface area contributed by atoms with Crippen molar-refractivity contribution in [3.05, 3.63) is 30.0 Å². The lowest BCUT2D eigenvalue weighted by Crippen LogP contribution is -2.10. The Morgan fingerprint density at radius 2 is 2.05 bits per heavy atom. The van der Waals surface area contributed by atoms with Gasteiger partial charge in [-0.3, -0.25) is 4.79 Å². The molecule has 19 heavy (non-hydrogen) atoms. The molecule has 102 valence electrons. The number of halogens is 3. The van der Waals surface area contributed by atoms with Crippen molar-refractivity contribution in [3.63, 3.8) is 0 Å². The molecule has 0 bridgehead atoms. The van der Waals surface area contributed by atoms with Crippen LogP contribution in [0.5, 0.6) is 0 Å². The van der Waals surface area contributed by atoms with Crippen molar-refractivity contribution in [2.45, 2.75) is 25.9 Å². The Labute approximate surface area is 107 Å². The quantitative estimate of drug-likeness (QED) is 0.872. The number of carbonyl (C=O) groups is 1. The fraction of sp³-hybridized carbons (Fsp3) is 0.308. The van der Waals surface area contributed by atoms with Gasteiger partial charge in [0.15, 0.2) is 0 Å². The molecule has 0 aliphatic carbocycles. The average Bonchev–Trinajstić information content (AvgIpc) is 2.71. The Bertz CT molecular complexity index is 601. The normalized spacial score (nSPS) is 11.8. The zero-order chi connectivity index (χ0) is 14.0. The van der Waals surface area contributed by atoms with Crippen molar-refractivity contribution < 1.29 is 18.0 Å². The number of alkyl halides is 3. The maximum absolute atomic E-state index is 12.5. The molecule has 2 N–H and O–H groups in total. The highest BCUT2D eigenvalue weighted by Crippen LogP contribution is 2.31. The number of aromatic nitrogens is 1. The van der Waals surface area contributed by atoms with Crippen LogP contribution < -0.4 is 5.32 Å². The summed E-state index contributed by atoms with van der Waals surface area (Å²) >= 11 is 0. The van der Waals surface area contributed by atoms with E-state index in [1.165, 1.54) is 12.1 Å². The van der Waals surface area contributed by atoms with E-state index in [4.69, 9.17) is 0 Å². The molecule has 0 fully saturated rings. The molecule has 1 aromatic heterocycles. The molecule has 6 heteroatoms. The first-order valence-corrected chi connectivity index (χ1v) is 5.90. The Hall–Kier alpha value is -1.98. The van der Waals surface area contributed by atoms with Crippen LogP contribution in [0.1, 0.15) is 25.5 Å². The number of H-pyrrole nitrogens is 1. The van der Waals surface area contributed by atoms with E-state index in [-0.39, 0.29) is 5.91 Å². The Morgan fingerprint density at radius 3 is 2.68 bits per heavy atom. The second-order valence-corrected chi connectivity index (χ2v) is 4.28. The number of amides is 1. The average molecular weight is 270 g/mol. The number of benzene rings is 1. The lowest BCUT2D eigenvalue weighted by Gasteiger charge is -2.03. The van der Waals surface area contributed by atoms with Gasteiger partial charge in [-0.25, -0.2) is 0 Å². The smallest absolute Gasteiger partial charge is 0.351 e. The lowest BCUT2D eigenvalue weighted by molar-refractivity contribution is -0.140. The summed E-state index contributed by atoms with van der Waals surface area (Å²) in [7, 11) is 0. The molecule has 3 nitrogen and oxygen atoms in total. The number of nitrogens with one attached hydrogen (secondary N) is 2. The van der Waals surface area contributed by atoms with Gasteiger partial charge in [0.25, 0.3) is 0 Å². The Morgan fingerprint density at radius 1 is 1.32 bits per heavy atom. The van der Waals surface area contributed by atoms with Crippen LogP contribution in [0.2, 0.25) is 0 Å². The second-order valence-electron chi connectivity index (χ2n) is 4.28. The molecule has 2 rings (SSSR count). The summed E-state index contributed by atoms with van der Waals surface area (Å²) in [5, 5.41) is 3.07. The third-order valence-corrected chi connectivity index (χ3v) is 2.69. The number of aromatic amines is 1. The molecule has 0 saturated carbocycles. The minimum atomic E-state index is -4.40. The van der Waals surface area contributed by atoms with Crippen molar-refractivity contribution in [2.24, 2.45) is 0 Å². The third kappa shape index (κ3) is 3.07. The first-order chi connectivity index (χ1) is 8.90. The standard InChI is InChI=1S/C13H13F3N2O/c1-2-3-12(19)17-9-4-5-10-8(6-9)7-11(18-10)13(14,15)16/h4-7,18H,2-3H2,1H3,(H,17,19). The van der Waals surface area contributed by atoms with E-state index in [0.717, 1.165) is 12.5 Å². The highest BCUT2D eigenvalue weighted by atomic mass is 19.4. The Kier molecular flexibility index (Phi) is 3.50. The summed E-state index contributed by atoms with van der Waals surface area (Å²) in [5.74, 6) is -0.145. The van der Waals surface area contributed by atoms with Crippen LogP contribution in [0.4, 0.5) is 18.9 Å². The molecule has 1 heterocycles. The minimum absolute atomic E-state index is 0.145. The lowest BCUT2D eigenvalue weighted by atomic mass is 10.2. The van der Waals surface area contributed by atoms with Crippen molar-refractivity contribution in [2.75, 3.05) is 5.32 Å². The van der Waals surface area contributed by atoms with Gasteiger partial charge in [-0.15, -0.1) is 0 Å². The van der Waals surface area contributed by atoms with Crippen molar-refractivity contribution in [1.29, 1.82) is 0 Å². The first-order valence-electron chi connectivity index (χ1n) is 5.90. The summed E-state index contributed by atoms with van der Waals surface area (Å²) in [6, 6.07) is 5.65. The molecular formula is C13H13F3N2O. The summed E-state index contributed by atoms with van der Waals surface area (Å²) in [5.41, 5.74) is 0.0963. The zero-order valence-corrected chi connectivity index (χ0v) is 10.3. The largest absolute Gasteiger partial charge is 0.431 e. The number of carbonyl (C=O) groups excluding carboxylic acids is 1. The van der Waals surface area contributed by atoms with Crippen LogP contribution >= 0.6 is 0 Å². The van der Waals surface area contributed by atoms with E-state index in [1.54, 1.807) is 6.07 Å². The Balaban J connectivity index is 2.28. The highest BCUT2D eigenvalue weighted by Gasteiger charge is 2.32. The number of anilines is 1. The number of rotatable bonds is 3. The predicted octanol–water partition coefficient (Wildman–Crippen LogP) is 3.93. The van der Waals surface area contributed by atoms with Crippen LogP contribution in [0, 0.1) is 0 Å². The fourth-order valence-electron chi connectivity index (χ4n) is 1.81. The first kappa shape index (κ1) is 13.5. The molecule has 2 aromatic rings. The van der Waals surface area contributed by atoms with Gasteiger partial charge in [-0.05, 0) is 30.7 Å². The van der Waals surface area contributed by atoms with Crippen molar-refractivity contribution in [1.82, 2.24) is 4.98 Å². The van der Waals surface area contributed by atoms with E-state index in [2.05, 4.69) is 10.3 Å². The summed E-state index contributed by atoms with van der Waals surface area (Å²) in [6.07, 6.45) is -3.29. The van der Waals surface area contributed by atoms with E-state index in [1.807, 2.05) is 6.92 Å². The highest BCUT2D eigenvalue weighted by molar-refractivity contribution is 5.93. The molecule has 1 aromatic carbocycles. The third-order valence-electron chi connectivity index (χ3n) is 2.69. The molecule has 0 spiro atoms. The van der Waals surface area contributed by atoms with Gasteiger partial charge in [-0.1, -0.05) is 6.92 Å². The molecule has 0 atom stereocenters. The van der Waals surface area contributed by atoms with Crippen LogP contribution in [-0.4, -0.2) is 10.9 Å². The van der Waals surface area contributed by atoms with Crippen molar-refractivity contribution in [3.8, 4) is 0 Å². The minimum Gasteiger partial charge on any atom is -0.351 e. The molecule has 0 unspecified atom stereocenters.